The fraction of sp³-hybridized carbons (Fsp3) is 0.529. The SMILES string of the molecule is C/C(=C\O)CNC(=O)c1cc(N2CCN3CCC2CC3)ncc1N. The molecule has 4 N–H and O–H groups in total. The number of fused-ring (bicyclic) bond motifs is 4. The molecule has 24 heavy (non-hydrogen) atoms. The average Bonchev–Trinajstić information content (AvgIpc) is 2.93. The van der Waals surface area contributed by atoms with E-state index in [0.717, 1.165) is 51.1 Å². The number of piperidine rings is 1. The van der Waals surface area contributed by atoms with E-state index in [9.17, 15) is 4.79 Å². The second kappa shape index (κ2) is 7.09. The molecule has 0 aromatic carbocycles. The summed E-state index contributed by atoms with van der Waals surface area (Å²) in [7, 11) is 0. The summed E-state index contributed by atoms with van der Waals surface area (Å²) in [5, 5.41) is 11.7. The van der Waals surface area contributed by atoms with Gasteiger partial charge < -0.3 is 26.0 Å². The number of rotatable bonds is 4. The summed E-state index contributed by atoms with van der Waals surface area (Å²) in [6, 6.07) is 2.27. The van der Waals surface area contributed by atoms with E-state index in [2.05, 4.69) is 20.1 Å². The zero-order valence-corrected chi connectivity index (χ0v) is 14.0. The number of aliphatic hydroxyl groups excluding tert-OH is 1. The van der Waals surface area contributed by atoms with Crippen LogP contribution in [0.15, 0.2) is 24.1 Å². The molecule has 0 atom stereocenters. The van der Waals surface area contributed by atoms with Gasteiger partial charge in [-0.15, -0.1) is 0 Å². The lowest BCUT2D eigenvalue weighted by molar-refractivity contribution is 0.0957. The summed E-state index contributed by atoms with van der Waals surface area (Å²) in [6.07, 6.45) is 4.82. The Morgan fingerprint density at radius 1 is 1.42 bits per heavy atom. The third kappa shape index (κ3) is 3.46. The summed E-state index contributed by atoms with van der Waals surface area (Å²) in [5.74, 6) is 0.567. The minimum atomic E-state index is -0.250. The Bertz CT molecular complexity index is 638. The Kier molecular flexibility index (Phi) is 4.89. The molecule has 3 aliphatic rings. The highest BCUT2D eigenvalue weighted by Gasteiger charge is 2.30. The Morgan fingerprint density at radius 3 is 2.88 bits per heavy atom. The lowest BCUT2D eigenvalue weighted by atomic mass is 10.0. The molecule has 0 spiro atoms. The first-order valence-electron chi connectivity index (χ1n) is 8.41. The first-order valence-corrected chi connectivity index (χ1v) is 8.41. The molecule has 130 valence electrons. The van der Waals surface area contributed by atoms with E-state index in [4.69, 9.17) is 10.8 Å². The van der Waals surface area contributed by atoms with Crippen molar-refractivity contribution < 1.29 is 9.90 Å². The van der Waals surface area contributed by atoms with Gasteiger partial charge in [0.05, 0.1) is 23.7 Å². The minimum absolute atomic E-state index is 0.250. The number of carbonyl (C=O) groups excluding carboxylic acids is 1. The topological polar surface area (TPSA) is 94.7 Å². The van der Waals surface area contributed by atoms with Crippen LogP contribution in [0, 0.1) is 0 Å². The van der Waals surface area contributed by atoms with Gasteiger partial charge in [-0.3, -0.25) is 4.79 Å². The van der Waals surface area contributed by atoms with E-state index in [-0.39, 0.29) is 12.5 Å². The van der Waals surface area contributed by atoms with Gasteiger partial charge in [0.2, 0.25) is 0 Å². The number of hydrogen-bond donors (Lipinski definition) is 3. The number of amides is 1. The number of nitrogens with zero attached hydrogens (tertiary/aromatic N) is 3. The van der Waals surface area contributed by atoms with Crippen molar-refractivity contribution in [2.75, 3.05) is 43.4 Å². The van der Waals surface area contributed by atoms with E-state index >= 15 is 0 Å². The van der Waals surface area contributed by atoms with E-state index in [0.29, 0.717) is 22.9 Å². The van der Waals surface area contributed by atoms with Crippen LogP contribution in [0.25, 0.3) is 0 Å². The number of aromatic nitrogens is 1. The molecule has 1 aromatic heterocycles. The molecule has 0 aliphatic carbocycles. The van der Waals surface area contributed by atoms with Gasteiger partial charge in [-0.05, 0) is 31.4 Å². The Balaban J connectivity index is 1.79. The van der Waals surface area contributed by atoms with Crippen LogP contribution in [-0.4, -0.2) is 59.7 Å². The summed E-state index contributed by atoms with van der Waals surface area (Å²) < 4.78 is 0. The van der Waals surface area contributed by atoms with Gasteiger partial charge >= 0.3 is 0 Å². The van der Waals surface area contributed by atoms with Gasteiger partial charge in [-0.25, -0.2) is 4.98 Å². The second-order valence-electron chi connectivity index (χ2n) is 6.55. The molecular formula is C17H25N5O2. The summed E-state index contributed by atoms with van der Waals surface area (Å²) in [6.45, 7) is 6.25. The molecule has 4 rings (SSSR count). The number of hydrogen-bond acceptors (Lipinski definition) is 6. The van der Waals surface area contributed by atoms with Crippen molar-refractivity contribution in [3.63, 3.8) is 0 Å². The first-order chi connectivity index (χ1) is 11.6. The number of anilines is 2. The van der Waals surface area contributed by atoms with Crippen LogP contribution < -0.4 is 16.0 Å². The first kappa shape index (κ1) is 16.6. The Labute approximate surface area is 142 Å². The monoisotopic (exact) mass is 331 g/mol. The number of pyridine rings is 1. The lowest BCUT2D eigenvalue weighted by Gasteiger charge is -2.32. The molecule has 1 amide bonds. The highest BCUT2D eigenvalue weighted by molar-refractivity contribution is 5.99. The highest BCUT2D eigenvalue weighted by Crippen LogP contribution is 2.27. The number of carbonyl (C=O) groups is 1. The smallest absolute Gasteiger partial charge is 0.253 e. The fourth-order valence-electron chi connectivity index (χ4n) is 3.36. The van der Waals surface area contributed by atoms with Crippen molar-refractivity contribution in [1.82, 2.24) is 15.2 Å². The molecular weight excluding hydrogens is 306 g/mol. The molecule has 0 saturated carbocycles. The predicted molar refractivity (Wildman–Crippen MR) is 94.2 cm³/mol. The molecule has 3 saturated heterocycles. The standard InChI is InChI=1S/C17H25N5O2/c1-12(11-23)9-20-17(24)14-8-16(19-10-15(14)18)22-7-6-21-4-2-13(22)3-5-21/h8,10-11,13,23H,2-7,9,18H2,1H3,(H,20,24)/b12-11+. The lowest BCUT2D eigenvalue weighted by Crippen LogP contribution is -2.38. The molecule has 0 unspecified atom stereocenters. The molecule has 0 radical (unpaired) electrons. The number of nitrogen functional groups attached to an aromatic ring is 1. The Hall–Kier alpha value is -2.28. The molecule has 3 fully saturated rings. The van der Waals surface area contributed by atoms with Gasteiger partial charge in [0.1, 0.15) is 5.82 Å². The molecule has 7 heteroatoms. The van der Waals surface area contributed by atoms with Crippen LogP contribution in [0.3, 0.4) is 0 Å². The van der Waals surface area contributed by atoms with Crippen LogP contribution >= 0.6 is 0 Å². The predicted octanol–water partition coefficient (Wildman–Crippen LogP) is 1.14. The number of nitrogens with two attached hydrogens (primary N) is 1. The van der Waals surface area contributed by atoms with E-state index in [1.54, 1.807) is 19.2 Å². The van der Waals surface area contributed by atoms with Gasteiger partial charge in [0.15, 0.2) is 0 Å². The van der Waals surface area contributed by atoms with Crippen LogP contribution in [0.5, 0.6) is 0 Å². The molecule has 2 bridgehead atoms. The van der Waals surface area contributed by atoms with Gasteiger partial charge in [0, 0.05) is 38.8 Å². The summed E-state index contributed by atoms with van der Waals surface area (Å²) in [4.78, 5) is 21.6. The summed E-state index contributed by atoms with van der Waals surface area (Å²) in [5.41, 5.74) is 7.43. The maximum Gasteiger partial charge on any atom is 0.253 e. The fourth-order valence-corrected chi connectivity index (χ4v) is 3.36. The van der Waals surface area contributed by atoms with E-state index in [1.165, 1.54) is 0 Å². The van der Waals surface area contributed by atoms with Gasteiger partial charge in [0.25, 0.3) is 5.91 Å². The molecule has 1 aromatic rings. The molecule has 4 heterocycles. The highest BCUT2D eigenvalue weighted by atomic mass is 16.2. The minimum Gasteiger partial charge on any atom is -0.516 e. The normalized spacial score (nSPS) is 23.9. The van der Waals surface area contributed by atoms with Crippen molar-refractivity contribution in [2.45, 2.75) is 25.8 Å². The quantitative estimate of drug-likeness (QED) is 0.716. The second-order valence-corrected chi connectivity index (χ2v) is 6.55. The largest absolute Gasteiger partial charge is 0.516 e. The average molecular weight is 331 g/mol. The van der Waals surface area contributed by atoms with Crippen molar-refractivity contribution in [1.29, 1.82) is 0 Å². The third-order valence-corrected chi connectivity index (χ3v) is 4.86. The molecule has 7 nitrogen and oxygen atoms in total. The maximum absolute atomic E-state index is 12.4. The Morgan fingerprint density at radius 2 is 2.17 bits per heavy atom. The van der Waals surface area contributed by atoms with Crippen LogP contribution in [-0.2, 0) is 0 Å². The van der Waals surface area contributed by atoms with Gasteiger partial charge in [-0.2, -0.15) is 0 Å². The summed E-state index contributed by atoms with van der Waals surface area (Å²) >= 11 is 0. The van der Waals surface area contributed by atoms with E-state index < -0.39 is 0 Å². The zero-order chi connectivity index (χ0) is 17.1. The van der Waals surface area contributed by atoms with Crippen LogP contribution in [0.4, 0.5) is 11.5 Å². The van der Waals surface area contributed by atoms with Gasteiger partial charge in [-0.1, -0.05) is 0 Å². The maximum atomic E-state index is 12.4. The van der Waals surface area contributed by atoms with Crippen LogP contribution in [0.1, 0.15) is 30.1 Å². The van der Waals surface area contributed by atoms with E-state index in [1.807, 2.05) is 0 Å². The van der Waals surface area contributed by atoms with Crippen molar-refractivity contribution in [3.05, 3.63) is 29.7 Å². The van der Waals surface area contributed by atoms with Crippen LogP contribution in [0.2, 0.25) is 0 Å². The third-order valence-electron chi connectivity index (χ3n) is 4.86. The molecule has 3 aliphatic heterocycles. The van der Waals surface area contributed by atoms with Crippen molar-refractivity contribution >= 4 is 17.4 Å². The zero-order valence-electron chi connectivity index (χ0n) is 14.0. The van der Waals surface area contributed by atoms with Crippen molar-refractivity contribution in [3.8, 4) is 0 Å². The number of nitrogens with one attached hydrogen (secondary N) is 1. The van der Waals surface area contributed by atoms with Crippen molar-refractivity contribution in [2.24, 2.45) is 0 Å². The number of aliphatic hydroxyl groups is 1.